The van der Waals surface area contributed by atoms with Gasteiger partial charge in [-0.3, -0.25) is 14.4 Å². The Balaban J connectivity index is 1.63. The first-order valence-electron chi connectivity index (χ1n) is 9.43. The molecular weight excluding hydrogens is 332 g/mol. The third kappa shape index (κ3) is 4.62. The predicted molar refractivity (Wildman–Crippen MR) is 98.8 cm³/mol. The van der Waals surface area contributed by atoms with Gasteiger partial charge in [-0.25, -0.2) is 0 Å². The van der Waals surface area contributed by atoms with Crippen LogP contribution in [-0.2, 0) is 14.4 Å². The van der Waals surface area contributed by atoms with Crippen LogP contribution in [0.1, 0.15) is 57.8 Å². The minimum Gasteiger partial charge on any atom is -0.481 e. The summed E-state index contributed by atoms with van der Waals surface area (Å²) in [6, 6.07) is 6.99. The largest absolute Gasteiger partial charge is 0.481 e. The Hall–Kier alpha value is -2.37. The number of carboxylic acids is 1. The molecule has 0 bridgehead atoms. The van der Waals surface area contributed by atoms with E-state index >= 15 is 0 Å². The normalized spacial score (nSPS) is 19.2. The van der Waals surface area contributed by atoms with Crippen molar-refractivity contribution >= 4 is 29.2 Å². The molecule has 1 aromatic carbocycles. The molecule has 140 valence electrons. The zero-order chi connectivity index (χ0) is 18.6. The van der Waals surface area contributed by atoms with Crippen molar-refractivity contribution in [1.82, 2.24) is 0 Å². The minimum absolute atomic E-state index is 0.0109. The molecule has 26 heavy (non-hydrogen) atoms. The van der Waals surface area contributed by atoms with Crippen LogP contribution in [0.25, 0.3) is 0 Å². The van der Waals surface area contributed by atoms with Crippen LogP contribution in [0.4, 0.5) is 11.4 Å². The lowest BCUT2D eigenvalue weighted by molar-refractivity contribution is -0.152. The lowest BCUT2D eigenvalue weighted by Crippen LogP contribution is -2.35. The number of nitrogens with one attached hydrogen (secondary N) is 2. The SMILES string of the molecule is O=C(CC1(C(=O)O)CCCCCC1)Nc1cccc(NC(=O)C2CC2)c1. The number of carbonyl (C=O) groups is 3. The molecule has 0 aromatic heterocycles. The molecule has 3 rings (SSSR count). The lowest BCUT2D eigenvalue weighted by Gasteiger charge is -2.27. The van der Waals surface area contributed by atoms with Crippen LogP contribution in [0.15, 0.2) is 24.3 Å². The first-order chi connectivity index (χ1) is 12.5. The average Bonchev–Trinajstić information content (AvgIpc) is 3.43. The van der Waals surface area contributed by atoms with Crippen LogP contribution in [0.5, 0.6) is 0 Å². The summed E-state index contributed by atoms with van der Waals surface area (Å²) in [7, 11) is 0. The van der Waals surface area contributed by atoms with Crippen molar-refractivity contribution in [2.45, 2.75) is 57.8 Å². The Morgan fingerprint density at radius 1 is 1.00 bits per heavy atom. The Labute approximate surface area is 153 Å². The van der Waals surface area contributed by atoms with E-state index in [9.17, 15) is 19.5 Å². The smallest absolute Gasteiger partial charge is 0.310 e. The van der Waals surface area contributed by atoms with Crippen molar-refractivity contribution in [2.24, 2.45) is 11.3 Å². The molecule has 0 atom stereocenters. The van der Waals surface area contributed by atoms with Crippen LogP contribution >= 0.6 is 0 Å². The molecule has 2 saturated carbocycles. The maximum atomic E-state index is 12.5. The van der Waals surface area contributed by atoms with Crippen molar-refractivity contribution in [2.75, 3.05) is 10.6 Å². The number of benzene rings is 1. The Kier molecular flexibility index (Phi) is 5.59. The quantitative estimate of drug-likeness (QED) is 0.674. The van der Waals surface area contributed by atoms with Gasteiger partial charge in [-0.15, -0.1) is 0 Å². The summed E-state index contributed by atoms with van der Waals surface area (Å²) in [5.74, 6) is -1.05. The summed E-state index contributed by atoms with van der Waals surface area (Å²) >= 11 is 0. The van der Waals surface area contributed by atoms with Gasteiger partial charge >= 0.3 is 5.97 Å². The lowest BCUT2D eigenvalue weighted by atomic mass is 9.77. The number of hydrogen-bond donors (Lipinski definition) is 3. The molecule has 0 unspecified atom stereocenters. The van der Waals surface area contributed by atoms with Crippen LogP contribution in [0.3, 0.4) is 0 Å². The molecule has 6 heteroatoms. The predicted octanol–water partition coefficient (Wildman–Crippen LogP) is 3.79. The van der Waals surface area contributed by atoms with Gasteiger partial charge in [0.2, 0.25) is 11.8 Å². The molecule has 1 aromatic rings. The van der Waals surface area contributed by atoms with Gasteiger partial charge in [0.05, 0.1) is 5.41 Å². The zero-order valence-electron chi connectivity index (χ0n) is 14.9. The van der Waals surface area contributed by atoms with Crippen molar-refractivity contribution in [3.63, 3.8) is 0 Å². The number of rotatable bonds is 6. The zero-order valence-corrected chi connectivity index (χ0v) is 14.9. The summed E-state index contributed by atoms with van der Waals surface area (Å²) < 4.78 is 0. The summed E-state index contributed by atoms with van der Waals surface area (Å²) in [6.07, 6.45) is 6.70. The van der Waals surface area contributed by atoms with E-state index in [1.54, 1.807) is 24.3 Å². The summed E-state index contributed by atoms with van der Waals surface area (Å²) in [5, 5.41) is 15.3. The molecule has 2 aliphatic rings. The van der Waals surface area contributed by atoms with Gasteiger partial charge in [0.25, 0.3) is 0 Å². The fraction of sp³-hybridized carbons (Fsp3) is 0.550. The van der Waals surface area contributed by atoms with Gasteiger partial charge in [-0.1, -0.05) is 31.7 Å². The number of aliphatic carboxylic acids is 1. The summed E-state index contributed by atoms with van der Waals surface area (Å²) in [6.45, 7) is 0. The van der Waals surface area contributed by atoms with Gasteiger partial charge in [0.15, 0.2) is 0 Å². The van der Waals surface area contributed by atoms with Gasteiger partial charge < -0.3 is 15.7 Å². The molecule has 3 N–H and O–H groups in total. The van der Waals surface area contributed by atoms with E-state index in [0.717, 1.165) is 38.5 Å². The first kappa shape index (κ1) is 18.4. The van der Waals surface area contributed by atoms with E-state index in [0.29, 0.717) is 24.2 Å². The van der Waals surface area contributed by atoms with E-state index in [1.165, 1.54) is 0 Å². The van der Waals surface area contributed by atoms with Crippen molar-refractivity contribution in [3.05, 3.63) is 24.3 Å². The van der Waals surface area contributed by atoms with E-state index in [1.807, 2.05) is 0 Å². The molecule has 0 saturated heterocycles. The molecule has 0 aliphatic heterocycles. The molecule has 2 fully saturated rings. The fourth-order valence-electron chi connectivity index (χ4n) is 3.65. The minimum atomic E-state index is -0.960. The highest BCUT2D eigenvalue weighted by Crippen LogP contribution is 2.38. The van der Waals surface area contributed by atoms with Gasteiger partial charge in [-0.2, -0.15) is 0 Å². The second-order valence-electron chi connectivity index (χ2n) is 7.57. The Morgan fingerprint density at radius 2 is 1.62 bits per heavy atom. The van der Waals surface area contributed by atoms with Crippen LogP contribution < -0.4 is 10.6 Å². The van der Waals surface area contributed by atoms with E-state index in [4.69, 9.17) is 0 Å². The van der Waals surface area contributed by atoms with E-state index < -0.39 is 11.4 Å². The van der Waals surface area contributed by atoms with Crippen LogP contribution in [0, 0.1) is 11.3 Å². The molecular formula is C20H26N2O4. The van der Waals surface area contributed by atoms with E-state index in [2.05, 4.69) is 10.6 Å². The third-order valence-corrected chi connectivity index (χ3v) is 5.38. The highest BCUT2D eigenvalue weighted by atomic mass is 16.4. The third-order valence-electron chi connectivity index (χ3n) is 5.38. The Morgan fingerprint density at radius 3 is 2.19 bits per heavy atom. The second kappa shape index (κ2) is 7.89. The van der Waals surface area contributed by atoms with Crippen molar-refractivity contribution < 1.29 is 19.5 Å². The number of anilines is 2. The number of amides is 2. The van der Waals surface area contributed by atoms with Crippen LogP contribution in [-0.4, -0.2) is 22.9 Å². The molecule has 2 aliphatic carbocycles. The molecule has 6 nitrogen and oxygen atoms in total. The van der Waals surface area contributed by atoms with E-state index in [-0.39, 0.29) is 24.2 Å². The van der Waals surface area contributed by atoms with Crippen molar-refractivity contribution in [3.8, 4) is 0 Å². The van der Waals surface area contributed by atoms with Gasteiger partial charge in [0, 0.05) is 23.7 Å². The summed E-state index contributed by atoms with van der Waals surface area (Å²) in [4.78, 5) is 36.2. The van der Waals surface area contributed by atoms with Crippen molar-refractivity contribution in [1.29, 1.82) is 0 Å². The molecule has 0 radical (unpaired) electrons. The number of hydrogen-bond acceptors (Lipinski definition) is 3. The molecule has 0 spiro atoms. The highest BCUT2D eigenvalue weighted by molar-refractivity contribution is 5.97. The highest BCUT2D eigenvalue weighted by Gasteiger charge is 2.40. The Bertz CT molecular complexity index is 689. The number of carbonyl (C=O) groups excluding carboxylic acids is 2. The second-order valence-corrected chi connectivity index (χ2v) is 7.57. The summed E-state index contributed by atoms with van der Waals surface area (Å²) in [5.41, 5.74) is 0.248. The maximum Gasteiger partial charge on any atom is 0.310 e. The fourth-order valence-corrected chi connectivity index (χ4v) is 3.65. The maximum absolute atomic E-state index is 12.5. The molecule has 2 amide bonds. The number of carboxylic acid groups (broad SMARTS) is 1. The van der Waals surface area contributed by atoms with Gasteiger partial charge in [0.1, 0.15) is 0 Å². The average molecular weight is 358 g/mol. The topological polar surface area (TPSA) is 95.5 Å². The molecule has 0 heterocycles. The monoisotopic (exact) mass is 358 g/mol. The first-order valence-corrected chi connectivity index (χ1v) is 9.43. The standard InChI is InChI=1S/C20H26N2O4/c23-17(13-20(19(25)26)10-3-1-2-4-11-20)21-15-6-5-7-16(12-15)22-18(24)14-8-9-14/h5-7,12,14H,1-4,8-11,13H2,(H,21,23)(H,22,24)(H,25,26). The van der Waals surface area contributed by atoms with Crippen LogP contribution in [0.2, 0.25) is 0 Å². The van der Waals surface area contributed by atoms with Gasteiger partial charge in [-0.05, 0) is 43.9 Å².